The number of hydrogen-bond acceptors (Lipinski definition) is 30. The Kier molecular flexibility index (Phi) is 30.9. The Morgan fingerprint density at radius 2 is 0.770 bits per heavy atom. The number of aromatic amines is 2. The molecule has 11 N–H and O–H groups in total. The Morgan fingerprint density at radius 3 is 1.05 bits per heavy atom. The summed E-state index contributed by atoms with van der Waals surface area (Å²) in [4.78, 5) is 126. The molecule has 43 heteroatoms. The number of aromatic nitrogens is 10. The molecule has 5 saturated heterocycles. The second-order valence-corrected chi connectivity index (χ2v) is 28.9. The zero-order valence-corrected chi connectivity index (χ0v) is 60.6. The predicted octanol–water partition coefficient (Wildman–Crippen LogP) is 2.43. The number of nitrogens with zero attached hydrogens (tertiary/aromatic N) is 8. The Balaban J connectivity index is 0.000000197. The van der Waals surface area contributed by atoms with Gasteiger partial charge in [0.25, 0.3) is 11.1 Å². The van der Waals surface area contributed by atoms with Crippen molar-refractivity contribution in [2.45, 2.75) is 192 Å². The van der Waals surface area contributed by atoms with Crippen molar-refractivity contribution in [2.24, 2.45) is 0 Å². The van der Waals surface area contributed by atoms with E-state index in [2.05, 4.69) is 34.0 Å². The highest BCUT2D eigenvalue weighted by molar-refractivity contribution is 8.07. The number of rotatable bonds is 22. The van der Waals surface area contributed by atoms with E-state index in [4.69, 9.17) is 85.0 Å². The zero-order valence-electron chi connectivity index (χ0n) is 57.1. The van der Waals surface area contributed by atoms with Crippen molar-refractivity contribution in [2.75, 3.05) is 66.5 Å². The zero-order chi connectivity index (χ0) is 74.1. The summed E-state index contributed by atoms with van der Waals surface area (Å²) in [6, 6.07) is 4.56. The minimum atomic E-state index is -4.15. The van der Waals surface area contributed by atoms with Gasteiger partial charge in [0.1, 0.15) is 54.7 Å². The van der Waals surface area contributed by atoms with E-state index in [1.165, 1.54) is 66.9 Å². The van der Waals surface area contributed by atoms with Crippen molar-refractivity contribution >= 4 is 51.6 Å². The first-order valence-electron chi connectivity index (χ1n) is 31.4. The van der Waals surface area contributed by atoms with Crippen LogP contribution in [0.5, 0.6) is 0 Å². The molecule has 0 radical (unpaired) electrons. The molecule has 5 fully saturated rings. The summed E-state index contributed by atoms with van der Waals surface area (Å²) < 4.78 is 103. The number of hydrogen-bond donors (Lipinski definition) is 8. The first-order valence-corrected chi connectivity index (χ1v) is 37.0. The number of nitrogens with one attached hydrogen (secondary N) is 2. The molecule has 10 rings (SSSR count). The van der Waals surface area contributed by atoms with Crippen molar-refractivity contribution in [1.82, 2.24) is 47.8 Å². The van der Waals surface area contributed by atoms with Gasteiger partial charge in [-0.1, -0.05) is 27.7 Å². The number of H-pyrrole nitrogens is 2. The molecule has 0 aromatic carbocycles. The van der Waals surface area contributed by atoms with Crippen molar-refractivity contribution in [3.63, 3.8) is 0 Å². The van der Waals surface area contributed by atoms with Crippen LogP contribution in [0.25, 0.3) is 0 Å². The smallest absolute Gasteiger partial charge is 0.383 e. The molecule has 560 valence electrons. The van der Waals surface area contributed by atoms with Gasteiger partial charge in [-0.2, -0.15) is 15.0 Å². The lowest BCUT2D eigenvalue weighted by Crippen LogP contribution is -2.33. The maximum absolute atomic E-state index is 11.9. The van der Waals surface area contributed by atoms with Gasteiger partial charge in [0.2, 0.25) is 0 Å². The Labute approximate surface area is 577 Å². The third-order valence-corrected chi connectivity index (χ3v) is 20.0. The maximum Gasteiger partial charge on any atom is 0.472 e. The van der Waals surface area contributed by atoms with Crippen molar-refractivity contribution < 1.29 is 88.8 Å². The van der Waals surface area contributed by atoms with Crippen LogP contribution in [0.15, 0.2) is 82.7 Å². The van der Waals surface area contributed by atoms with Crippen LogP contribution >= 0.6 is 22.4 Å². The molecule has 5 aromatic rings. The summed E-state index contributed by atoms with van der Waals surface area (Å²) in [6.07, 6.45) is 6.18. The van der Waals surface area contributed by atoms with Crippen LogP contribution in [0.4, 0.5) is 17.5 Å². The summed E-state index contributed by atoms with van der Waals surface area (Å²) in [5.41, 5.74) is 13.9. The molecule has 5 aromatic heterocycles. The molecule has 100 heavy (non-hydrogen) atoms. The molecule has 18 atom stereocenters. The van der Waals surface area contributed by atoms with Crippen LogP contribution in [-0.4, -0.2) is 173 Å². The van der Waals surface area contributed by atoms with E-state index in [0.29, 0.717) is 56.3 Å². The number of nitrogens with two attached hydrogens (primary N) is 3. The number of ether oxygens (including phenoxy) is 8. The van der Waals surface area contributed by atoms with Crippen LogP contribution in [-0.2, 0) is 86.0 Å². The SMILES string of the molecule is CC[C@H]1O[C@@H](n2cc(C)c(=O)[nH]c2=O)CC1OC.CC[C@H]1O[C@@H](n2cc(C)c(=O)[nH]c2=O)CC1OP(=O)(O)OC.CC[C@H]1O[C@@H](n2ccc(N)nc2=O)CC1OP(=O)(O)OC.CC[C@H]1O[C@@H](n2ccc(N)nc2=O)CC1OP(O)(=S)OC.COC[C@H]1O[C@@H](n2ccc(N)nc2=O)CC1OC. The standard InChI is InChI=1S/C12H19N2O7P.C12H18N2O4.C11H18N3O6P.C11H18N3O5PS.C11H17N3O4/c1-4-8-9(21-22(17,18)19-3)5-10(20-8)14-6-7(2)11(15)13-12(14)16;1-4-8-9(17-3)5-10(18-8)14-6-7(2)11(15)13-12(14)16;1-3-7-8(20-21(16,17)18-2)6-10(19-7)14-5-4-9(12)13-11(14)15;1-3-7-8(19-20(16,21)17-2)6-10(18-7)14-5-4-9(12)13-11(14)15;1-16-6-8-7(17-2)5-10(18-8)14-4-3-9(12)13-11(14)15/h6,8-10H,4-5H2,1-3H3,(H,17,18)(H,13,15,16);6,8-10H,4-5H2,1-3H3,(H,13,15,16);4-5,7-8,10H,3,6H2,1-2H3,(H,16,17)(H2,12,13,15);4-5,7-8,10H,3,6H2,1-2H3,(H,16,21)(H2,12,13,15);3-4,7-8,10H,5-6H2,1-2H3,(H2,12,13,15)/t2*8-,9?,10-;7-,8?,10-;7-,8?,10-,20?;7?,8-,10-/m11111/s1. The second-order valence-electron chi connectivity index (χ2n) is 22.9. The molecule has 0 aliphatic carbocycles. The number of phosphoric acid groups is 2. The third kappa shape index (κ3) is 22.4. The minimum absolute atomic E-state index is 0.0147. The first kappa shape index (κ1) is 82.8. The van der Waals surface area contributed by atoms with E-state index < -0.39 is 112 Å². The molecule has 0 amide bonds. The van der Waals surface area contributed by atoms with Gasteiger partial charge in [-0.3, -0.25) is 60.5 Å². The van der Waals surface area contributed by atoms with E-state index in [0.717, 1.165) is 20.6 Å². The van der Waals surface area contributed by atoms with Crippen molar-refractivity contribution in [1.29, 1.82) is 0 Å². The fraction of sp³-hybridized carbons (Fsp3) is 0.649. The summed E-state index contributed by atoms with van der Waals surface area (Å²) in [5.74, 6) is 0.471. The molecule has 10 heterocycles. The molecular formula is C57H90N13O26P3S. The lowest BCUT2D eigenvalue weighted by atomic mass is 10.1. The Bertz CT molecular complexity index is 3980. The molecule has 5 aliphatic rings. The third-order valence-electron chi connectivity index (χ3n) is 16.3. The number of anilines is 3. The molecule has 0 saturated carbocycles. The largest absolute Gasteiger partial charge is 0.472 e. The van der Waals surface area contributed by atoms with Crippen LogP contribution in [0.3, 0.4) is 0 Å². The van der Waals surface area contributed by atoms with Crippen LogP contribution in [0, 0.1) is 13.8 Å². The monoisotopic (exact) mass is 1500 g/mol. The van der Waals surface area contributed by atoms with Gasteiger partial charge < -0.3 is 78.8 Å². The Hall–Kier alpha value is -6.17. The van der Waals surface area contributed by atoms with Gasteiger partial charge in [-0.25, -0.2) is 33.1 Å². The van der Waals surface area contributed by atoms with Crippen LogP contribution < -0.4 is 56.8 Å². The normalized spacial score (nSPS) is 28.0. The quantitative estimate of drug-likeness (QED) is 0.0461. The van der Waals surface area contributed by atoms with Crippen LogP contribution in [0.2, 0.25) is 0 Å². The van der Waals surface area contributed by atoms with Crippen molar-refractivity contribution in [3.8, 4) is 0 Å². The van der Waals surface area contributed by atoms with Gasteiger partial charge >= 0.3 is 50.8 Å². The summed E-state index contributed by atoms with van der Waals surface area (Å²) in [5, 5.41) is 0. The lowest BCUT2D eigenvalue weighted by Gasteiger charge is -2.21. The molecule has 5 aliphatic heterocycles. The molecule has 0 bridgehead atoms. The van der Waals surface area contributed by atoms with Gasteiger partial charge in [-0.15, -0.1) is 0 Å². The molecule has 8 unspecified atom stereocenters. The van der Waals surface area contributed by atoms with E-state index in [1.54, 1.807) is 47.4 Å². The highest BCUT2D eigenvalue weighted by Crippen LogP contribution is 2.50. The number of aryl methyl sites for hydroxylation is 2. The van der Waals surface area contributed by atoms with E-state index >= 15 is 0 Å². The average Bonchev–Trinajstić information content (AvgIpc) is 1.70. The van der Waals surface area contributed by atoms with Gasteiger partial charge in [0, 0.05) is 117 Å². The van der Waals surface area contributed by atoms with Crippen LogP contribution in [0.1, 0.15) is 128 Å². The molecular weight excluding hydrogens is 1410 g/mol. The summed E-state index contributed by atoms with van der Waals surface area (Å²) in [6.45, 7) is 7.99. The van der Waals surface area contributed by atoms with Crippen molar-refractivity contribution in [3.05, 3.63) is 133 Å². The number of methoxy groups -OCH3 is 3. The minimum Gasteiger partial charge on any atom is -0.383 e. The number of phosphoric ester groups is 2. The highest BCUT2D eigenvalue weighted by Gasteiger charge is 2.44. The van der Waals surface area contributed by atoms with E-state index in [9.17, 15) is 57.4 Å². The fourth-order valence-corrected chi connectivity index (χ4v) is 13.4. The van der Waals surface area contributed by atoms with Gasteiger partial charge in [0.05, 0.1) is 61.5 Å². The Morgan fingerprint density at radius 1 is 0.480 bits per heavy atom. The maximum atomic E-state index is 11.9. The van der Waals surface area contributed by atoms with Gasteiger partial charge in [0.15, 0.2) is 0 Å². The van der Waals surface area contributed by atoms with E-state index in [1.807, 2.05) is 27.7 Å². The van der Waals surface area contributed by atoms with Gasteiger partial charge in [-0.05, 0) is 69.5 Å². The second kappa shape index (κ2) is 37.3. The predicted molar refractivity (Wildman–Crippen MR) is 360 cm³/mol. The summed E-state index contributed by atoms with van der Waals surface area (Å²) >= 11 is 4.85. The number of nitrogen functional groups attached to an aromatic ring is 3. The topological polar surface area (TPSA) is 516 Å². The van der Waals surface area contributed by atoms with E-state index in [-0.39, 0.29) is 72.6 Å². The summed E-state index contributed by atoms with van der Waals surface area (Å²) in [7, 11) is 0.0470. The molecule has 0 spiro atoms. The highest BCUT2D eigenvalue weighted by atomic mass is 32.5. The lowest BCUT2D eigenvalue weighted by molar-refractivity contribution is -0.0617. The fourth-order valence-electron chi connectivity index (χ4n) is 11.1. The average molecular weight is 1500 g/mol. The molecule has 39 nitrogen and oxygen atoms in total. The first-order chi connectivity index (χ1) is 47.2.